The van der Waals surface area contributed by atoms with Gasteiger partial charge in [-0.3, -0.25) is 4.79 Å². The van der Waals surface area contributed by atoms with Crippen molar-refractivity contribution in [1.29, 1.82) is 0 Å². The van der Waals surface area contributed by atoms with Gasteiger partial charge in [0.2, 0.25) is 0 Å². The Labute approximate surface area is 86.6 Å². The lowest BCUT2D eigenvalue weighted by molar-refractivity contribution is -0.136. The summed E-state index contributed by atoms with van der Waals surface area (Å²) >= 11 is 0. The summed E-state index contributed by atoms with van der Waals surface area (Å²) in [5, 5.41) is 10.8. The normalized spacial score (nSPS) is 15.8. The van der Waals surface area contributed by atoms with E-state index in [4.69, 9.17) is 5.11 Å². The van der Waals surface area contributed by atoms with E-state index in [1.165, 1.54) is 11.0 Å². The smallest absolute Gasteiger partial charge is 0.317 e. The Morgan fingerprint density at radius 3 is 2.93 bits per heavy atom. The van der Waals surface area contributed by atoms with Gasteiger partial charge in [0.25, 0.3) is 0 Å². The van der Waals surface area contributed by atoms with E-state index in [0.29, 0.717) is 13.0 Å². The molecule has 2 amide bonds. The van der Waals surface area contributed by atoms with Crippen LogP contribution in [0.15, 0.2) is 11.9 Å². The lowest BCUT2D eigenvalue weighted by atomic mass is 10.2. The van der Waals surface area contributed by atoms with Crippen LogP contribution in [-0.4, -0.2) is 41.6 Å². The third kappa shape index (κ3) is 3.97. The summed E-state index contributed by atoms with van der Waals surface area (Å²) in [5.41, 5.74) is 0. The average molecular weight is 216 g/mol. The highest BCUT2D eigenvalue weighted by Gasteiger charge is 2.17. The summed E-state index contributed by atoms with van der Waals surface area (Å²) in [7, 11) is 0. The van der Waals surface area contributed by atoms with Crippen molar-refractivity contribution < 1.29 is 19.1 Å². The first kappa shape index (κ1) is 11.5. The maximum absolute atomic E-state index is 12.8. The molecule has 0 aromatic heterocycles. The molecule has 0 fully saturated rings. The van der Waals surface area contributed by atoms with Crippen molar-refractivity contribution in [3.63, 3.8) is 0 Å². The molecule has 0 aromatic rings. The van der Waals surface area contributed by atoms with E-state index in [1.807, 2.05) is 0 Å². The number of aliphatic carboxylic acids is 1. The minimum Gasteiger partial charge on any atom is -0.481 e. The van der Waals surface area contributed by atoms with Gasteiger partial charge in [-0.25, -0.2) is 9.18 Å². The van der Waals surface area contributed by atoms with Gasteiger partial charge in [-0.2, -0.15) is 0 Å². The molecule has 84 valence electrons. The number of nitrogens with zero attached hydrogens (tertiary/aromatic N) is 1. The number of amides is 2. The van der Waals surface area contributed by atoms with E-state index in [1.54, 1.807) is 0 Å². The van der Waals surface area contributed by atoms with Gasteiger partial charge in [0.05, 0.1) is 13.0 Å². The van der Waals surface area contributed by atoms with Crippen LogP contribution in [0.25, 0.3) is 0 Å². The molecule has 1 heterocycles. The average Bonchev–Trinajstić information content (AvgIpc) is 2.17. The monoisotopic (exact) mass is 216 g/mol. The molecule has 15 heavy (non-hydrogen) atoms. The lowest BCUT2D eigenvalue weighted by Crippen LogP contribution is -2.43. The summed E-state index contributed by atoms with van der Waals surface area (Å²) < 4.78 is 12.8. The molecular formula is C9H13FN2O3. The molecule has 0 bridgehead atoms. The molecule has 1 aliphatic heterocycles. The molecule has 0 spiro atoms. The fourth-order valence-electron chi connectivity index (χ4n) is 1.26. The molecule has 0 saturated carbocycles. The zero-order valence-electron chi connectivity index (χ0n) is 8.20. The molecule has 0 unspecified atom stereocenters. The van der Waals surface area contributed by atoms with Crippen LogP contribution in [0.1, 0.15) is 12.8 Å². The minimum absolute atomic E-state index is 0.0289. The Kier molecular flexibility index (Phi) is 4.08. The molecule has 0 aromatic carbocycles. The Hall–Kier alpha value is -1.59. The van der Waals surface area contributed by atoms with Crippen LogP contribution in [0.2, 0.25) is 0 Å². The number of carbonyl (C=O) groups is 2. The standard InChI is InChI=1S/C9H13FN2O3/c10-7-2-1-5-12(6-7)9(15)11-4-3-8(13)14/h2H,1,3-6H2,(H,11,15)(H,13,14). The fourth-order valence-corrected chi connectivity index (χ4v) is 1.26. The number of carbonyl (C=O) groups excluding carboxylic acids is 1. The van der Waals surface area contributed by atoms with Gasteiger partial charge in [-0.05, 0) is 12.5 Å². The van der Waals surface area contributed by atoms with Gasteiger partial charge in [0.15, 0.2) is 0 Å². The number of urea groups is 1. The number of hydrogen-bond acceptors (Lipinski definition) is 2. The van der Waals surface area contributed by atoms with Crippen LogP contribution in [0.5, 0.6) is 0 Å². The van der Waals surface area contributed by atoms with Crippen LogP contribution in [0, 0.1) is 0 Å². The summed E-state index contributed by atoms with van der Waals surface area (Å²) in [5.74, 6) is -1.30. The Morgan fingerprint density at radius 2 is 2.33 bits per heavy atom. The highest BCUT2D eigenvalue weighted by molar-refractivity contribution is 5.75. The van der Waals surface area contributed by atoms with Gasteiger partial charge in [0, 0.05) is 13.1 Å². The number of halogens is 1. The van der Waals surface area contributed by atoms with Crippen LogP contribution in [0.4, 0.5) is 9.18 Å². The van der Waals surface area contributed by atoms with E-state index in [0.717, 1.165) is 0 Å². The second kappa shape index (κ2) is 5.33. The number of nitrogens with one attached hydrogen (secondary N) is 1. The van der Waals surface area contributed by atoms with E-state index < -0.39 is 12.0 Å². The summed E-state index contributed by atoms with van der Waals surface area (Å²) in [4.78, 5) is 22.8. The van der Waals surface area contributed by atoms with Gasteiger partial charge in [-0.1, -0.05) is 0 Å². The SMILES string of the molecule is O=C(O)CCNC(=O)N1CCC=C(F)C1. The summed E-state index contributed by atoms with van der Waals surface area (Å²) in [6, 6.07) is -0.417. The van der Waals surface area contributed by atoms with Gasteiger partial charge >= 0.3 is 12.0 Å². The highest BCUT2D eigenvalue weighted by atomic mass is 19.1. The number of hydrogen-bond donors (Lipinski definition) is 2. The Morgan fingerprint density at radius 1 is 1.60 bits per heavy atom. The van der Waals surface area contributed by atoms with Crippen molar-refractivity contribution in [2.45, 2.75) is 12.8 Å². The predicted octanol–water partition coefficient (Wildman–Crippen LogP) is 0.730. The molecule has 1 rings (SSSR count). The van der Waals surface area contributed by atoms with E-state index in [-0.39, 0.29) is 25.3 Å². The summed E-state index contributed by atoms with van der Waals surface area (Å²) in [6.07, 6.45) is 1.82. The van der Waals surface area contributed by atoms with Crippen LogP contribution in [0.3, 0.4) is 0 Å². The summed E-state index contributed by atoms with van der Waals surface area (Å²) in [6.45, 7) is 0.501. The fraction of sp³-hybridized carbons (Fsp3) is 0.556. The molecule has 2 N–H and O–H groups in total. The minimum atomic E-state index is -0.972. The Bertz CT molecular complexity index is 291. The van der Waals surface area contributed by atoms with E-state index >= 15 is 0 Å². The lowest BCUT2D eigenvalue weighted by Gasteiger charge is -2.24. The third-order valence-electron chi connectivity index (χ3n) is 2.01. The quantitative estimate of drug-likeness (QED) is 0.730. The van der Waals surface area contributed by atoms with Crippen LogP contribution >= 0.6 is 0 Å². The third-order valence-corrected chi connectivity index (χ3v) is 2.01. The molecule has 0 aliphatic carbocycles. The van der Waals surface area contributed by atoms with Crippen molar-refractivity contribution in [3.8, 4) is 0 Å². The first-order valence-electron chi connectivity index (χ1n) is 4.68. The van der Waals surface area contributed by atoms with Gasteiger partial charge < -0.3 is 15.3 Å². The maximum atomic E-state index is 12.8. The predicted molar refractivity (Wildman–Crippen MR) is 51.0 cm³/mol. The number of carboxylic acids is 1. The van der Waals surface area contributed by atoms with Crippen molar-refractivity contribution in [1.82, 2.24) is 10.2 Å². The van der Waals surface area contributed by atoms with Crippen molar-refractivity contribution in [2.75, 3.05) is 19.6 Å². The highest BCUT2D eigenvalue weighted by Crippen LogP contribution is 2.09. The topological polar surface area (TPSA) is 69.6 Å². The maximum Gasteiger partial charge on any atom is 0.317 e. The number of carboxylic acid groups (broad SMARTS) is 1. The van der Waals surface area contributed by atoms with Crippen LogP contribution < -0.4 is 5.32 Å². The molecule has 0 atom stereocenters. The first-order valence-corrected chi connectivity index (χ1v) is 4.68. The molecule has 5 nitrogen and oxygen atoms in total. The van der Waals surface area contributed by atoms with E-state index in [9.17, 15) is 14.0 Å². The molecule has 0 radical (unpaired) electrons. The van der Waals surface area contributed by atoms with Crippen LogP contribution in [-0.2, 0) is 4.79 Å². The molecule has 1 aliphatic rings. The molecule has 0 saturated heterocycles. The molecule has 6 heteroatoms. The molecular weight excluding hydrogens is 203 g/mol. The first-order chi connectivity index (χ1) is 7.09. The van der Waals surface area contributed by atoms with Gasteiger partial charge in [-0.15, -0.1) is 0 Å². The number of rotatable bonds is 3. The van der Waals surface area contributed by atoms with Crippen molar-refractivity contribution in [2.24, 2.45) is 0 Å². The van der Waals surface area contributed by atoms with Crippen molar-refractivity contribution >= 4 is 12.0 Å². The second-order valence-electron chi connectivity index (χ2n) is 3.24. The van der Waals surface area contributed by atoms with E-state index in [2.05, 4.69) is 5.32 Å². The Balaban J connectivity index is 2.28. The second-order valence-corrected chi connectivity index (χ2v) is 3.24. The van der Waals surface area contributed by atoms with Crippen molar-refractivity contribution in [3.05, 3.63) is 11.9 Å². The zero-order valence-corrected chi connectivity index (χ0v) is 8.20. The largest absolute Gasteiger partial charge is 0.481 e. The zero-order chi connectivity index (χ0) is 11.3. The van der Waals surface area contributed by atoms with Gasteiger partial charge in [0.1, 0.15) is 5.83 Å².